The normalized spacial score (nSPS) is 17.4. The lowest BCUT2D eigenvalue weighted by atomic mass is 10.0. The first-order valence-electron chi connectivity index (χ1n) is 17.6. The Morgan fingerprint density at radius 3 is 1.95 bits per heavy atom. The number of rotatable bonds is 21. The highest BCUT2D eigenvalue weighted by atomic mass is 32.2. The van der Waals surface area contributed by atoms with Gasteiger partial charge < -0.3 is 13.9 Å². The van der Waals surface area contributed by atoms with Crippen molar-refractivity contribution in [1.82, 2.24) is 0 Å². The van der Waals surface area contributed by atoms with Crippen LogP contribution < -0.4 is 0 Å². The van der Waals surface area contributed by atoms with Gasteiger partial charge >= 0.3 is 11.9 Å². The molecule has 0 unspecified atom stereocenters. The molecule has 1 heterocycles. The highest BCUT2D eigenvalue weighted by Crippen LogP contribution is 2.48. The molecule has 1 rings (SSSR count). The van der Waals surface area contributed by atoms with Crippen LogP contribution in [0.25, 0.3) is 0 Å². The van der Waals surface area contributed by atoms with Gasteiger partial charge in [-0.1, -0.05) is 99.1 Å². The molecule has 5 nitrogen and oxygen atoms in total. The number of esters is 2. The lowest BCUT2D eigenvalue weighted by Crippen LogP contribution is -2.52. The molecule has 0 N–H and O–H groups in total. The summed E-state index contributed by atoms with van der Waals surface area (Å²) < 4.78 is 18.9. The Kier molecular flexibility index (Phi) is 19.6. The number of thioether (sulfide) groups is 2. The molecule has 2 atom stereocenters. The van der Waals surface area contributed by atoms with Gasteiger partial charge in [0.1, 0.15) is 17.8 Å². The summed E-state index contributed by atoms with van der Waals surface area (Å²) in [6, 6.07) is 0. The van der Waals surface area contributed by atoms with Crippen LogP contribution in [-0.2, 0) is 23.5 Å². The summed E-state index contributed by atoms with van der Waals surface area (Å²) >= 11 is 4.15. The van der Waals surface area contributed by atoms with E-state index in [0.29, 0.717) is 23.0 Å². The van der Waals surface area contributed by atoms with Crippen molar-refractivity contribution in [2.45, 2.75) is 192 Å². The molecule has 1 fully saturated rings. The van der Waals surface area contributed by atoms with E-state index in [1.54, 1.807) is 0 Å². The summed E-state index contributed by atoms with van der Waals surface area (Å²) in [7, 11) is -2.22. The smallest absolute Gasteiger partial charge is 0.306 e. The number of hydrogen-bond acceptors (Lipinski definition) is 7. The first-order valence-corrected chi connectivity index (χ1v) is 21.7. The average molecular weight is 673 g/mol. The van der Waals surface area contributed by atoms with Crippen molar-refractivity contribution in [2.75, 3.05) is 11.5 Å². The number of ether oxygens (including phenoxy) is 2. The van der Waals surface area contributed by atoms with Crippen LogP contribution in [0.1, 0.15) is 153 Å². The second kappa shape index (κ2) is 20.7. The van der Waals surface area contributed by atoms with Crippen molar-refractivity contribution in [3.05, 3.63) is 12.2 Å². The van der Waals surface area contributed by atoms with Gasteiger partial charge in [0.05, 0.1) is 4.08 Å². The molecule has 0 spiro atoms. The fourth-order valence-corrected chi connectivity index (χ4v) is 15.4. The molecule has 0 amide bonds. The molecule has 0 aliphatic carbocycles. The molecule has 258 valence electrons. The maximum absolute atomic E-state index is 12.4. The third-order valence-electron chi connectivity index (χ3n) is 8.67. The second-order valence-electron chi connectivity index (χ2n) is 14.6. The summed E-state index contributed by atoms with van der Waals surface area (Å²) in [5, 5.41) is 0. The van der Waals surface area contributed by atoms with Crippen LogP contribution in [-0.4, -0.2) is 53.6 Å². The van der Waals surface area contributed by atoms with Crippen LogP contribution in [0.2, 0.25) is 16.6 Å². The van der Waals surface area contributed by atoms with E-state index in [9.17, 15) is 9.59 Å². The first-order chi connectivity index (χ1) is 20.6. The van der Waals surface area contributed by atoms with E-state index >= 15 is 0 Å². The van der Waals surface area contributed by atoms with E-state index < -0.39 is 13.9 Å². The van der Waals surface area contributed by atoms with E-state index in [4.69, 9.17) is 13.9 Å². The van der Waals surface area contributed by atoms with Crippen LogP contribution in [0.5, 0.6) is 0 Å². The molecule has 0 bridgehead atoms. The fourth-order valence-electron chi connectivity index (χ4n) is 6.70. The molecule has 8 heteroatoms. The van der Waals surface area contributed by atoms with Gasteiger partial charge in [-0.15, -0.1) is 23.5 Å². The predicted octanol–water partition coefficient (Wildman–Crippen LogP) is 11.3. The van der Waals surface area contributed by atoms with Gasteiger partial charge in [-0.05, 0) is 81.0 Å². The van der Waals surface area contributed by atoms with Crippen molar-refractivity contribution in [1.29, 1.82) is 0 Å². The van der Waals surface area contributed by atoms with Gasteiger partial charge in [-0.2, -0.15) is 0 Å². The van der Waals surface area contributed by atoms with Crippen LogP contribution >= 0.6 is 23.5 Å². The molecule has 0 aromatic heterocycles. The van der Waals surface area contributed by atoms with Gasteiger partial charge in [-0.3, -0.25) is 9.59 Å². The maximum atomic E-state index is 12.4. The Hall–Kier alpha value is -0.443. The van der Waals surface area contributed by atoms with Crippen LogP contribution in [0.3, 0.4) is 0 Å². The summed E-state index contributed by atoms with van der Waals surface area (Å²) in [6.45, 7) is 23.5. The Bertz CT molecular complexity index is 824. The number of carbonyl (C=O) groups excluding carboxylic acids is 2. The predicted molar refractivity (Wildman–Crippen MR) is 195 cm³/mol. The molecule has 0 aromatic rings. The van der Waals surface area contributed by atoms with Gasteiger partial charge in [0.2, 0.25) is 8.32 Å². The monoisotopic (exact) mass is 672 g/mol. The minimum Gasteiger partial charge on any atom is -0.460 e. The molecule has 0 radical (unpaired) electrons. The Labute approximate surface area is 281 Å². The zero-order valence-corrected chi connectivity index (χ0v) is 32.9. The molecular formula is C36H68O5S2Si. The van der Waals surface area contributed by atoms with Crippen molar-refractivity contribution in [2.24, 2.45) is 0 Å². The van der Waals surface area contributed by atoms with E-state index in [-0.39, 0.29) is 28.2 Å². The number of unbranched alkanes of at least 4 members (excludes halogenated alkanes) is 6. The van der Waals surface area contributed by atoms with E-state index in [2.05, 4.69) is 84.1 Å². The van der Waals surface area contributed by atoms with E-state index in [0.717, 1.165) is 57.8 Å². The van der Waals surface area contributed by atoms with Crippen molar-refractivity contribution in [3.63, 3.8) is 0 Å². The van der Waals surface area contributed by atoms with Crippen LogP contribution in [0.4, 0.5) is 0 Å². The highest BCUT2D eigenvalue weighted by Gasteiger charge is 2.48. The van der Waals surface area contributed by atoms with Crippen molar-refractivity contribution in [3.8, 4) is 0 Å². The summed E-state index contributed by atoms with van der Waals surface area (Å²) in [4.78, 5) is 24.4. The standard InChI is InChI=1S/C36H68O5S2Si/c1-12-13-17-21-32(39-31(8)37)33(41-44(28(2)3,29(4)5)30(6)7)23-25-36(42-26-20-27-43-36)24-19-16-14-15-18-22-34(38)40-35(9,10)11/h23,25,28-30,32-33H,12-22,24,26-27H2,1-11H3/b25-23+/t32-,33+/m0/s1. The minimum atomic E-state index is -2.22. The lowest BCUT2D eigenvalue weighted by Gasteiger charge is -2.45. The van der Waals surface area contributed by atoms with Crippen LogP contribution in [0.15, 0.2) is 12.2 Å². The first kappa shape index (κ1) is 41.6. The van der Waals surface area contributed by atoms with E-state index in [1.807, 2.05) is 20.8 Å². The minimum absolute atomic E-state index is 0.0261. The highest BCUT2D eigenvalue weighted by molar-refractivity contribution is 8.19. The topological polar surface area (TPSA) is 61.8 Å². The number of hydrogen-bond donors (Lipinski definition) is 0. The summed E-state index contributed by atoms with van der Waals surface area (Å²) in [5.41, 5.74) is 0.952. The largest absolute Gasteiger partial charge is 0.460 e. The zero-order chi connectivity index (χ0) is 33.4. The summed E-state index contributed by atoms with van der Waals surface area (Å²) in [6.07, 6.45) is 16.7. The third-order valence-corrected chi connectivity index (χ3v) is 18.1. The van der Waals surface area contributed by atoms with Crippen molar-refractivity contribution >= 4 is 43.8 Å². The van der Waals surface area contributed by atoms with Gasteiger partial charge in [0.15, 0.2) is 0 Å². The summed E-state index contributed by atoms with van der Waals surface area (Å²) in [5.74, 6) is 2.04. The average Bonchev–Trinajstić information content (AvgIpc) is 2.91. The Morgan fingerprint density at radius 1 is 0.864 bits per heavy atom. The quantitative estimate of drug-likeness (QED) is 0.0520. The Morgan fingerprint density at radius 2 is 1.43 bits per heavy atom. The van der Waals surface area contributed by atoms with Gasteiger partial charge in [0, 0.05) is 13.3 Å². The molecule has 1 aliphatic heterocycles. The SMILES string of the molecule is CCCCC[C@H](OC(C)=O)[C@@H](/C=C/C1(CCCCCCCC(=O)OC(C)(C)C)SCCCS1)O[Si](C(C)C)(C(C)C)C(C)C. The second-order valence-corrected chi connectivity index (χ2v) is 23.1. The van der Waals surface area contributed by atoms with Gasteiger partial charge in [-0.25, -0.2) is 0 Å². The Balaban J connectivity index is 3.11. The van der Waals surface area contributed by atoms with Gasteiger partial charge in [0.25, 0.3) is 0 Å². The number of carbonyl (C=O) groups is 2. The molecule has 0 saturated carbocycles. The molecule has 1 aliphatic rings. The van der Waals surface area contributed by atoms with E-state index in [1.165, 1.54) is 31.3 Å². The molecule has 1 saturated heterocycles. The molecular weight excluding hydrogens is 605 g/mol. The molecule has 0 aromatic carbocycles. The third kappa shape index (κ3) is 15.0. The fraction of sp³-hybridized carbons (Fsp3) is 0.889. The zero-order valence-electron chi connectivity index (χ0n) is 30.3. The maximum Gasteiger partial charge on any atom is 0.306 e. The van der Waals surface area contributed by atoms with Crippen LogP contribution in [0, 0.1) is 0 Å². The lowest BCUT2D eigenvalue weighted by molar-refractivity contribution is -0.155. The molecule has 44 heavy (non-hydrogen) atoms. The van der Waals surface area contributed by atoms with Crippen molar-refractivity contribution < 1.29 is 23.5 Å².